The van der Waals surface area contributed by atoms with Crippen molar-refractivity contribution in [3.8, 4) is 17.0 Å². The Labute approximate surface area is 313 Å². The fourth-order valence-electron chi connectivity index (χ4n) is 8.91. The average Bonchev–Trinajstić information content (AvgIpc) is 4.03. The number of benzene rings is 2. The normalized spacial score (nSPS) is 20.6. The van der Waals surface area contributed by atoms with Gasteiger partial charge in [0.05, 0.1) is 37.8 Å². The zero-order valence-corrected chi connectivity index (χ0v) is 31.8. The highest BCUT2D eigenvalue weighted by molar-refractivity contribution is 7.91. The molecule has 2 saturated heterocycles. The number of carbonyl (C=O) groups excluding carboxylic acids is 2. The summed E-state index contributed by atoms with van der Waals surface area (Å²) in [6, 6.07) is 11.7. The highest BCUT2D eigenvalue weighted by atomic mass is 32.2. The minimum absolute atomic E-state index is 0.0345. The van der Waals surface area contributed by atoms with Crippen molar-refractivity contribution in [3.63, 3.8) is 0 Å². The lowest BCUT2D eigenvalue weighted by molar-refractivity contribution is -0.127. The number of amides is 2. The molecule has 4 fully saturated rings. The molecule has 1 aromatic heterocycles. The molecule has 5 aliphatic rings. The van der Waals surface area contributed by atoms with Gasteiger partial charge in [-0.2, -0.15) is 0 Å². The monoisotopic (exact) mass is 743 g/mol. The Bertz CT molecular complexity index is 1990. The van der Waals surface area contributed by atoms with Gasteiger partial charge in [-0.05, 0) is 112 Å². The van der Waals surface area contributed by atoms with Gasteiger partial charge in [0, 0.05) is 60.3 Å². The Morgan fingerprint density at radius 1 is 0.868 bits per heavy atom. The predicted molar refractivity (Wildman–Crippen MR) is 207 cm³/mol. The molecule has 53 heavy (non-hydrogen) atoms. The van der Waals surface area contributed by atoms with Crippen LogP contribution in [0.2, 0.25) is 0 Å². The number of aromatic nitrogens is 1. The largest absolute Gasteiger partial charge is 0.497 e. The van der Waals surface area contributed by atoms with Crippen LogP contribution in [0.15, 0.2) is 42.0 Å². The molecule has 0 unspecified atom stereocenters. The fraction of sp³-hybridized carbons (Fsp3) is 0.561. The molecule has 0 radical (unpaired) electrons. The van der Waals surface area contributed by atoms with Crippen molar-refractivity contribution in [1.82, 2.24) is 24.0 Å². The SMILES string of the molecule is COc1ccc2c(c1)C=C(C(=O)N1CCCN(CCCN3CCOCC3)CC1)Cn1c-2c(C2CCCCC2)c2ccc(C(=O)NS(=O)(=O)C3CC3)cc21. The number of nitrogens with one attached hydrogen (secondary N) is 1. The van der Waals surface area contributed by atoms with E-state index in [0.29, 0.717) is 49.5 Å². The van der Waals surface area contributed by atoms with E-state index in [1.807, 2.05) is 35.2 Å². The number of hydrogen-bond acceptors (Lipinski definition) is 8. The number of sulfonamides is 1. The Balaban J connectivity index is 1.12. The quantitative estimate of drug-likeness (QED) is 0.300. The Kier molecular flexibility index (Phi) is 10.7. The lowest BCUT2D eigenvalue weighted by atomic mass is 9.81. The van der Waals surface area contributed by atoms with Crippen LogP contribution in [0, 0.1) is 0 Å². The van der Waals surface area contributed by atoms with E-state index in [1.54, 1.807) is 13.2 Å². The second kappa shape index (κ2) is 15.6. The first-order valence-electron chi connectivity index (χ1n) is 19.7. The van der Waals surface area contributed by atoms with Gasteiger partial charge in [0.15, 0.2) is 0 Å². The standard InChI is InChI=1S/C41H53N5O6S/c1-51-33-10-14-35-31(26-33)25-32(41(48)45-18-6-17-43(19-20-45)15-5-16-44-21-23-52-24-22-44)28-46-37-27-30(40(47)42-53(49,50)34-11-12-34)9-13-36(37)38(39(35)46)29-7-3-2-4-8-29/h9-10,13-14,25-27,29,34H,2-8,11-12,15-24,28H2,1H3,(H,42,47). The van der Waals surface area contributed by atoms with Gasteiger partial charge in [-0.3, -0.25) is 14.5 Å². The molecule has 12 heteroatoms. The molecule has 2 aliphatic carbocycles. The molecular formula is C41H53N5O6S. The second-order valence-corrected chi connectivity index (χ2v) is 17.5. The molecule has 3 aromatic rings. The van der Waals surface area contributed by atoms with Crippen molar-refractivity contribution in [3.05, 3.63) is 58.7 Å². The molecule has 3 aliphatic heterocycles. The van der Waals surface area contributed by atoms with Crippen LogP contribution in [0.3, 0.4) is 0 Å². The highest BCUT2D eigenvalue weighted by Gasteiger charge is 2.37. The number of rotatable bonds is 10. The summed E-state index contributed by atoms with van der Waals surface area (Å²) < 4.78 is 41.2. The molecule has 2 saturated carbocycles. The van der Waals surface area contributed by atoms with Crippen LogP contribution in [0.5, 0.6) is 5.75 Å². The molecule has 8 rings (SSSR count). The first kappa shape index (κ1) is 36.3. The minimum Gasteiger partial charge on any atom is -0.497 e. The summed E-state index contributed by atoms with van der Waals surface area (Å²) in [4.78, 5) is 35.1. The van der Waals surface area contributed by atoms with E-state index < -0.39 is 21.2 Å². The van der Waals surface area contributed by atoms with Crippen LogP contribution >= 0.6 is 0 Å². The Morgan fingerprint density at radius 2 is 1.64 bits per heavy atom. The number of ether oxygens (including phenoxy) is 2. The predicted octanol–water partition coefficient (Wildman–Crippen LogP) is 5.24. The number of carbonyl (C=O) groups is 2. The van der Waals surface area contributed by atoms with Crippen LogP contribution in [0.25, 0.3) is 28.2 Å². The van der Waals surface area contributed by atoms with E-state index in [1.165, 1.54) is 12.0 Å². The van der Waals surface area contributed by atoms with Crippen molar-refractivity contribution >= 4 is 38.8 Å². The molecule has 2 amide bonds. The molecule has 1 N–H and O–H groups in total. The lowest BCUT2D eigenvalue weighted by Crippen LogP contribution is -2.39. The van der Waals surface area contributed by atoms with Gasteiger partial charge in [-0.15, -0.1) is 0 Å². The van der Waals surface area contributed by atoms with Crippen LogP contribution in [-0.2, 0) is 26.1 Å². The van der Waals surface area contributed by atoms with Crippen LogP contribution in [0.4, 0.5) is 0 Å². The molecule has 0 bridgehead atoms. The third kappa shape index (κ3) is 7.78. The van der Waals surface area contributed by atoms with Crippen LogP contribution in [0.1, 0.15) is 85.2 Å². The van der Waals surface area contributed by atoms with E-state index in [-0.39, 0.29) is 5.91 Å². The van der Waals surface area contributed by atoms with E-state index in [9.17, 15) is 18.0 Å². The maximum absolute atomic E-state index is 14.7. The lowest BCUT2D eigenvalue weighted by Gasteiger charge is -2.28. The number of nitrogens with zero attached hydrogens (tertiary/aromatic N) is 4. The molecule has 4 heterocycles. The zero-order chi connectivity index (χ0) is 36.5. The topological polar surface area (TPSA) is 113 Å². The summed E-state index contributed by atoms with van der Waals surface area (Å²) in [5, 5.41) is 0.567. The summed E-state index contributed by atoms with van der Waals surface area (Å²) in [6.45, 7) is 9.28. The summed E-state index contributed by atoms with van der Waals surface area (Å²) in [5.74, 6) is 0.490. The fourth-order valence-corrected chi connectivity index (χ4v) is 10.2. The number of fused-ring (bicyclic) bond motifs is 5. The van der Waals surface area contributed by atoms with Crippen molar-refractivity contribution in [2.75, 3.05) is 72.7 Å². The Morgan fingerprint density at radius 3 is 2.40 bits per heavy atom. The first-order valence-corrected chi connectivity index (χ1v) is 21.3. The third-order valence-corrected chi connectivity index (χ3v) is 13.8. The van der Waals surface area contributed by atoms with Gasteiger partial charge in [0.25, 0.3) is 11.8 Å². The molecule has 2 aromatic carbocycles. The minimum atomic E-state index is -3.71. The molecule has 11 nitrogen and oxygen atoms in total. The van der Waals surface area contributed by atoms with E-state index in [4.69, 9.17) is 9.47 Å². The van der Waals surface area contributed by atoms with Gasteiger partial charge in [0.2, 0.25) is 10.0 Å². The number of hydrogen-bond donors (Lipinski definition) is 1. The van der Waals surface area contributed by atoms with Crippen molar-refractivity contribution in [2.45, 2.75) is 75.5 Å². The van der Waals surface area contributed by atoms with Gasteiger partial charge < -0.3 is 23.8 Å². The molecule has 0 atom stereocenters. The van der Waals surface area contributed by atoms with Crippen LogP contribution in [-0.4, -0.2) is 117 Å². The van der Waals surface area contributed by atoms with Gasteiger partial charge in [-0.25, -0.2) is 13.1 Å². The molecule has 0 spiro atoms. The molecule has 284 valence electrons. The maximum Gasteiger partial charge on any atom is 0.264 e. The Hall–Kier alpha value is -3.71. The van der Waals surface area contributed by atoms with Crippen molar-refractivity contribution in [2.24, 2.45) is 0 Å². The number of methoxy groups -OCH3 is 1. The van der Waals surface area contributed by atoms with E-state index in [2.05, 4.69) is 25.2 Å². The van der Waals surface area contributed by atoms with Gasteiger partial charge >= 0.3 is 0 Å². The summed E-state index contributed by atoms with van der Waals surface area (Å²) in [5.41, 5.74) is 6.16. The van der Waals surface area contributed by atoms with Gasteiger partial charge in [0.1, 0.15) is 5.75 Å². The summed E-state index contributed by atoms with van der Waals surface area (Å²) in [6.07, 6.45) is 10.9. The van der Waals surface area contributed by atoms with E-state index in [0.717, 1.165) is 124 Å². The van der Waals surface area contributed by atoms with E-state index >= 15 is 0 Å². The average molecular weight is 744 g/mol. The zero-order valence-electron chi connectivity index (χ0n) is 31.0. The second-order valence-electron chi connectivity index (χ2n) is 15.5. The number of morpholine rings is 1. The summed E-state index contributed by atoms with van der Waals surface area (Å²) in [7, 11) is -2.04. The third-order valence-electron chi connectivity index (χ3n) is 12.0. The smallest absolute Gasteiger partial charge is 0.264 e. The van der Waals surface area contributed by atoms with Gasteiger partial charge in [-0.1, -0.05) is 25.3 Å². The highest BCUT2D eigenvalue weighted by Crippen LogP contribution is 2.47. The van der Waals surface area contributed by atoms with Crippen LogP contribution < -0.4 is 9.46 Å². The molecular weight excluding hydrogens is 691 g/mol. The maximum atomic E-state index is 14.7. The van der Waals surface area contributed by atoms with Crippen molar-refractivity contribution in [1.29, 1.82) is 0 Å². The van der Waals surface area contributed by atoms with Crippen molar-refractivity contribution < 1.29 is 27.5 Å². The first-order chi connectivity index (χ1) is 25.8. The summed E-state index contributed by atoms with van der Waals surface area (Å²) >= 11 is 0.